The summed E-state index contributed by atoms with van der Waals surface area (Å²) in [5, 5.41) is 2.08. The third-order valence-electron chi connectivity index (χ3n) is 8.06. The Morgan fingerprint density at radius 1 is 0.513 bits per heavy atom. The summed E-state index contributed by atoms with van der Waals surface area (Å²) in [7, 11) is -4.46. The molecule has 2 rings (SSSR count). The number of unbranched alkanes of at least 4 members (excludes halogenated alkanes) is 18. The molecule has 0 saturated heterocycles. The Labute approximate surface area is 263 Å². The monoisotopic (exact) mass is 566 g/mol. The van der Waals surface area contributed by atoms with Crippen molar-refractivity contribution in [3.63, 3.8) is 0 Å². The van der Waals surface area contributed by atoms with Crippen LogP contribution in [0.15, 0.2) is 35.2 Å². The molecule has 2 aromatic rings. The average molecular weight is 567 g/mol. The molecule has 0 amide bonds. The van der Waals surface area contributed by atoms with E-state index >= 15 is 0 Å². The molecule has 3 nitrogen and oxygen atoms in total. The van der Waals surface area contributed by atoms with E-state index < -0.39 is 10.1 Å². The number of aryl methyl sites for hydroxylation is 2. The van der Waals surface area contributed by atoms with Crippen molar-refractivity contribution in [2.45, 2.75) is 160 Å². The fourth-order valence-electron chi connectivity index (χ4n) is 5.65. The van der Waals surface area contributed by atoms with Gasteiger partial charge in [0.2, 0.25) is 0 Å². The van der Waals surface area contributed by atoms with E-state index in [1.54, 1.807) is 6.07 Å². The van der Waals surface area contributed by atoms with Crippen molar-refractivity contribution in [1.82, 2.24) is 0 Å². The van der Waals surface area contributed by atoms with Gasteiger partial charge >= 0.3 is 29.6 Å². The number of rotatable bonds is 23. The van der Waals surface area contributed by atoms with Crippen LogP contribution < -0.4 is 29.6 Å². The van der Waals surface area contributed by atoms with E-state index in [-0.39, 0.29) is 34.5 Å². The van der Waals surface area contributed by atoms with Crippen molar-refractivity contribution in [2.75, 3.05) is 0 Å². The normalized spacial score (nSPS) is 11.7. The third kappa shape index (κ3) is 15.4. The molecule has 0 saturated carbocycles. The van der Waals surface area contributed by atoms with E-state index in [4.69, 9.17) is 0 Å². The number of benzene rings is 2. The van der Waals surface area contributed by atoms with Gasteiger partial charge in [-0.2, -0.15) is 0 Å². The van der Waals surface area contributed by atoms with Crippen LogP contribution in [0.5, 0.6) is 0 Å². The summed E-state index contributed by atoms with van der Waals surface area (Å²) in [5.74, 6) is 0. The van der Waals surface area contributed by atoms with Crippen LogP contribution in [0, 0.1) is 0 Å². The molecule has 0 aliphatic rings. The van der Waals surface area contributed by atoms with E-state index in [9.17, 15) is 13.0 Å². The maximum absolute atomic E-state index is 11.7. The minimum atomic E-state index is -4.46. The van der Waals surface area contributed by atoms with Gasteiger partial charge in [0, 0.05) is 0 Å². The molecule has 2 aromatic carbocycles. The maximum Gasteiger partial charge on any atom is 1.00 e. The summed E-state index contributed by atoms with van der Waals surface area (Å²) >= 11 is 0. The molecule has 0 atom stereocenters. The number of hydrogen-bond acceptors (Lipinski definition) is 3. The van der Waals surface area contributed by atoms with Crippen LogP contribution in [0.2, 0.25) is 0 Å². The van der Waals surface area contributed by atoms with Gasteiger partial charge in [-0.15, -0.1) is 0 Å². The average Bonchev–Trinajstić information content (AvgIpc) is 2.90. The molecule has 0 aliphatic carbocycles. The van der Waals surface area contributed by atoms with Crippen LogP contribution in [0.4, 0.5) is 0 Å². The molecule has 0 N–H and O–H groups in total. The van der Waals surface area contributed by atoms with Crippen LogP contribution in [0.3, 0.4) is 0 Å². The van der Waals surface area contributed by atoms with Crippen molar-refractivity contribution >= 4 is 20.9 Å². The SMILES string of the molecule is CCCCCCCCCCCCc1ccc(CCCCCCCCCCCC)c2cc(S(=O)(=O)[O-])ccc12.[Na+]. The molecule has 0 spiro atoms. The first-order valence-corrected chi connectivity index (χ1v) is 17.4. The molecule has 0 bridgehead atoms. The molecule has 0 aliphatic heterocycles. The zero-order valence-electron chi connectivity index (χ0n) is 25.6. The van der Waals surface area contributed by atoms with Gasteiger partial charge in [0.25, 0.3) is 0 Å². The van der Waals surface area contributed by atoms with Crippen LogP contribution >= 0.6 is 0 Å². The second-order valence-corrected chi connectivity index (χ2v) is 12.8. The molecule has 0 aromatic heterocycles. The second kappa shape index (κ2) is 22.2. The smallest absolute Gasteiger partial charge is 0.744 e. The first kappa shape index (κ1) is 36.6. The van der Waals surface area contributed by atoms with Crippen molar-refractivity contribution in [2.24, 2.45) is 0 Å². The largest absolute Gasteiger partial charge is 1.00 e. The standard InChI is InChI=1S/C34H56O3S.Na/c1-3-5-7-9-11-13-15-17-19-21-23-30-25-26-31(24-22-20-18-16-14-12-10-8-6-4-2)34-29-32(38(35,36)37)27-28-33(30)34;/h25-29H,3-24H2,1-2H3,(H,35,36,37);/q;+1/p-1. The van der Waals surface area contributed by atoms with Crippen LogP contribution in [-0.4, -0.2) is 13.0 Å². The first-order valence-electron chi connectivity index (χ1n) is 16.0. The van der Waals surface area contributed by atoms with Gasteiger partial charge in [0.05, 0.1) is 4.90 Å². The van der Waals surface area contributed by atoms with Gasteiger partial charge in [-0.05, 0) is 59.7 Å². The molecule has 0 unspecified atom stereocenters. The van der Waals surface area contributed by atoms with Crippen LogP contribution in [-0.2, 0) is 23.0 Å². The maximum atomic E-state index is 11.7. The molecule has 216 valence electrons. The topological polar surface area (TPSA) is 57.2 Å². The summed E-state index contributed by atoms with van der Waals surface area (Å²) in [6, 6.07) is 9.42. The van der Waals surface area contributed by atoms with Crippen LogP contribution in [0.25, 0.3) is 10.8 Å². The Balaban J connectivity index is 0.00000760. The molecular formula is C34H55NaO3S. The third-order valence-corrected chi connectivity index (χ3v) is 8.89. The van der Waals surface area contributed by atoms with E-state index in [1.807, 2.05) is 6.07 Å². The summed E-state index contributed by atoms with van der Waals surface area (Å²) in [5.41, 5.74) is 2.46. The van der Waals surface area contributed by atoms with Crippen molar-refractivity contribution < 1.29 is 42.5 Å². The van der Waals surface area contributed by atoms with E-state index in [0.717, 1.165) is 36.5 Å². The Kier molecular flexibility index (Phi) is 20.9. The first-order chi connectivity index (χ1) is 18.5. The second-order valence-electron chi connectivity index (χ2n) is 11.4. The molecule has 0 fully saturated rings. The summed E-state index contributed by atoms with van der Waals surface area (Å²) in [6.07, 6.45) is 28.1. The minimum absolute atomic E-state index is 0. The molecule has 0 radical (unpaired) electrons. The molecule has 0 heterocycles. The predicted octanol–water partition coefficient (Wildman–Crippen LogP) is 7.67. The van der Waals surface area contributed by atoms with Crippen LogP contribution in [0.1, 0.15) is 153 Å². The van der Waals surface area contributed by atoms with Gasteiger partial charge in [0.15, 0.2) is 0 Å². The Morgan fingerprint density at radius 2 is 0.872 bits per heavy atom. The van der Waals surface area contributed by atoms with E-state index in [1.165, 1.54) is 133 Å². The number of fused-ring (bicyclic) bond motifs is 1. The minimum Gasteiger partial charge on any atom is -0.744 e. The summed E-state index contributed by atoms with van der Waals surface area (Å²) in [4.78, 5) is -0.106. The summed E-state index contributed by atoms with van der Waals surface area (Å²) in [6.45, 7) is 4.52. The van der Waals surface area contributed by atoms with Gasteiger partial charge in [-0.25, -0.2) is 8.42 Å². The van der Waals surface area contributed by atoms with E-state index in [0.29, 0.717) is 0 Å². The quantitative estimate of drug-likeness (QED) is 0.0788. The predicted molar refractivity (Wildman–Crippen MR) is 163 cm³/mol. The zero-order valence-corrected chi connectivity index (χ0v) is 28.4. The molecular weight excluding hydrogens is 511 g/mol. The van der Waals surface area contributed by atoms with Gasteiger partial charge in [-0.3, -0.25) is 0 Å². The van der Waals surface area contributed by atoms with E-state index in [2.05, 4.69) is 26.0 Å². The molecule has 39 heavy (non-hydrogen) atoms. The van der Waals surface area contributed by atoms with Gasteiger partial charge in [-0.1, -0.05) is 148 Å². The Morgan fingerprint density at radius 3 is 1.26 bits per heavy atom. The van der Waals surface area contributed by atoms with Crippen molar-refractivity contribution in [3.05, 3.63) is 41.5 Å². The van der Waals surface area contributed by atoms with Crippen molar-refractivity contribution in [1.29, 1.82) is 0 Å². The Bertz CT molecular complexity index is 1000. The summed E-state index contributed by atoms with van der Waals surface area (Å²) < 4.78 is 35.2. The Hall–Kier alpha value is -0.390. The zero-order chi connectivity index (χ0) is 27.5. The fraction of sp³-hybridized carbons (Fsp3) is 0.706. The fourth-order valence-corrected chi connectivity index (χ4v) is 6.14. The van der Waals surface area contributed by atoms with Gasteiger partial charge in [0.1, 0.15) is 10.1 Å². The van der Waals surface area contributed by atoms with Crippen molar-refractivity contribution in [3.8, 4) is 0 Å². The molecule has 5 heteroatoms. The van der Waals surface area contributed by atoms with Gasteiger partial charge < -0.3 is 4.55 Å². The number of hydrogen-bond donors (Lipinski definition) is 0.